The Morgan fingerprint density at radius 2 is 1.77 bits per heavy atom. The number of hydrogen-bond acceptors (Lipinski definition) is 6. The summed E-state index contributed by atoms with van der Waals surface area (Å²) < 4.78 is 4.51. The van der Waals surface area contributed by atoms with E-state index < -0.39 is 34.7 Å². The SMILES string of the molecule is COC(=O)[C@]1(O)C(C(C)=O)=C(O)C(=O)N1c1ccc(C)cc1. The van der Waals surface area contributed by atoms with Gasteiger partial charge in [-0.3, -0.25) is 14.5 Å². The molecule has 1 aromatic carbocycles. The van der Waals surface area contributed by atoms with Gasteiger partial charge in [0.15, 0.2) is 11.5 Å². The molecule has 0 saturated heterocycles. The average Bonchev–Trinajstić information content (AvgIpc) is 2.67. The summed E-state index contributed by atoms with van der Waals surface area (Å²) in [6.45, 7) is 2.85. The van der Waals surface area contributed by atoms with Gasteiger partial charge in [-0.25, -0.2) is 4.79 Å². The minimum atomic E-state index is -2.70. The Bertz CT molecular complexity index is 690. The Balaban J connectivity index is 2.68. The summed E-state index contributed by atoms with van der Waals surface area (Å²) >= 11 is 0. The second kappa shape index (κ2) is 5.27. The van der Waals surface area contributed by atoms with Crippen LogP contribution in [0.3, 0.4) is 0 Å². The molecule has 2 N–H and O–H groups in total. The van der Waals surface area contributed by atoms with E-state index in [1.165, 1.54) is 12.1 Å². The summed E-state index contributed by atoms with van der Waals surface area (Å²) in [7, 11) is 1.01. The number of ether oxygens (including phenoxy) is 1. The van der Waals surface area contributed by atoms with E-state index in [9.17, 15) is 24.6 Å². The molecule has 0 spiro atoms. The number of aryl methyl sites for hydroxylation is 1. The van der Waals surface area contributed by atoms with E-state index >= 15 is 0 Å². The molecular weight excluding hydrogens is 290 g/mol. The van der Waals surface area contributed by atoms with Gasteiger partial charge in [-0.15, -0.1) is 0 Å². The first-order valence-electron chi connectivity index (χ1n) is 6.41. The molecule has 0 radical (unpaired) electrons. The van der Waals surface area contributed by atoms with Gasteiger partial charge < -0.3 is 14.9 Å². The van der Waals surface area contributed by atoms with Crippen molar-refractivity contribution < 1.29 is 29.3 Å². The van der Waals surface area contributed by atoms with Gasteiger partial charge in [0.05, 0.1) is 7.11 Å². The van der Waals surface area contributed by atoms with Crippen LogP contribution in [0.15, 0.2) is 35.6 Å². The Kier molecular flexibility index (Phi) is 3.76. The normalized spacial score (nSPS) is 21.3. The van der Waals surface area contributed by atoms with E-state index in [1.807, 2.05) is 6.92 Å². The minimum absolute atomic E-state index is 0.145. The molecule has 1 aliphatic rings. The molecule has 1 amide bonds. The Labute approximate surface area is 126 Å². The number of rotatable bonds is 3. The van der Waals surface area contributed by atoms with Crippen molar-refractivity contribution in [1.29, 1.82) is 0 Å². The van der Waals surface area contributed by atoms with Crippen LogP contribution in [0.1, 0.15) is 12.5 Å². The van der Waals surface area contributed by atoms with Crippen LogP contribution in [0, 0.1) is 6.92 Å². The van der Waals surface area contributed by atoms with Gasteiger partial charge in [0.2, 0.25) is 0 Å². The van der Waals surface area contributed by atoms with Gasteiger partial charge >= 0.3 is 5.97 Å². The van der Waals surface area contributed by atoms with Crippen molar-refractivity contribution in [3.8, 4) is 0 Å². The van der Waals surface area contributed by atoms with Gasteiger partial charge in [0.1, 0.15) is 5.57 Å². The molecule has 22 heavy (non-hydrogen) atoms. The fraction of sp³-hybridized carbons (Fsp3) is 0.267. The molecule has 2 rings (SSSR count). The number of esters is 1. The lowest BCUT2D eigenvalue weighted by Gasteiger charge is -2.32. The summed E-state index contributed by atoms with van der Waals surface area (Å²) in [6.07, 6.45) is 0. The molecule has 1 aliphatic heterocycles. The average molecular weight is 305 g/mol. The number of benzene rings is 1. The number of ketones is 1. The first-order valence-corrected chi connectivity index (χ1v) is 6.41. The molecule has 0 fully saturated rings. The fourth-order valence-corrected chi connectivity index (χ4v) is 2.38. The van der Waals surface area contributed by atoms with Crippen molar-refractivity contribution in [1.82, 2.24) is 0 Å². The maximum absolute atomic E-state index is 12.2. The van der Waals surface area contributed by atoms with Gasteiger partial charge in [-0.2, -0.15) is 0 Å². The number of aliphatic hydroxyl groups is 2. The van der Waals surface area contributed by atoms with Crippen molar-refractivity contribution in [2.75, 3.05) is 12.0 Å². The number of methoxy groups -OCH3 is 1. The highest BCUT2D eigenvalue weighted by atomic mass is 16.5. The Hall–Kier alpha value is -2.67. The van der Waals surface area contributed by atoms with E-state index in [2.05, 4.69) is 4.74 Å². The van der Waals surface area contributed by atoms with Crippen LogP contribution in [-0.2, 0) is 19.1 Å². The molecule has 116 valence electrons. The lowest BCUT2D eigenvalue weighted by atomic mass is 10.00. The molecule has 0 aromatic heterocycles. The third-order valence-corrected chi connectivity index (χ3v) is 3.43. The first-order chi connectivity index (χ1) is 10.2. The van der Waals surface area contributed by atoms with Crippen molar-refractivity contribution in [3.05, 3.63) is 41.2 Å². The molecule has 1 heterocycles. The van der Waals surface area contributed by atoms with E-state index in [1.54, 1.807) is 12.1 Å². The Morgan fingerprint density at radius 3 is 2.23 bits per heavy atom. The maximum Gasteiger partial charge on any atom is 0.365 e. The highest BCUT2D eigenvalue weighted by Gasteiger charge is 2.59. The highest BCUT2D eigenvalue weighted by Crippen LogP contribution is 2.38. The van der Waals surface area contributed by atoms with Crippen molar-refractivity contribution in [3.63, 3.8) is 0 Å². The highest BCUT2D eigenvalue weighted by molar-refractivity contribution is 6.22. The monoisotopic (exact) mass is 305 g/mol. The second-order valence-corrected chi connectivity index (χ2v) is 4.92. The molecule has 7 heteroatoms. The van der Waals surface area contributed by atoms with Crippen LogP contribution in [0.25, 0.3) is 0 Å². The van der Waals surface area contributed by atoms with Crippen LogP contribution < -0.4 is 4.90 Å². The fourth-order valence-electron chi connectivity index (χ4n) is 2.38. The molecule has 0 bridgehead atoms. The van der Waals surface area contributed by atoms with Gasteiger partial charge in [0, 0.05) is 5.69 Å². The van der Waals surface area contributed by atoms with Gasteiger partial charge in [-0.1, -0.05) is 17.7 Å². The van der Waals surface area contributed by atoms with E-state index in [4.69, 9.17) is 0 Å². The zero-order valence-corrected chi connectivity index (χ0v) is 12.3. The van der Waals surface area contributed by atoms with E-state index in [0.717, 1.165) is 19.6 Å². The maximum atomic E-state index is 12.2. The molecular formula is C15H15NO6. The molecule has 0 unspecified atom stereocenters. The third kappa shape index (κ3) is 2.06. The zero-order chi connectivity index (χ0) is 16.7. The van der Waals surface area contributed by atoms with E-state index in [-0.39, 0.29) is 5.69 Å². The predicted octanol–water partition coefficient (Wildman–Crippen LogP) is 0.604. The minimum Gasteiger partial charge on any atom is -0.503 e. The van der Waals surface area contributed by atoms with Crippen molar-refractivity contribution in [2.45, 2.75) is 19.6 Å². The third-order valence-electron chi connectivity index (χ3n) is 3.43. The zero-order valence-electron chi connectivity index (χ0n) is 12.3. The van der Waals surface area contributed by atoms with Crippen LogP contribution >= 0.6 is 0 Å². The quantitative estimate of drug-likeness (QED) is 0.793. The number of Topliss-reactive ketones (excluding diaryl/α,β-unsaturated/α-hetero) is 1. The lowest BCUT2D eigenvalue weighted by Crippen LogP contribution is -2.56. The van der Waals surface area contributed by atoms with Crippen molar-refractivity contribution in [2.24, 2.45) is 0 Å². The molecule has 0 aliphatic carbocycles. The number of carbonyl (C=O) groups excluding carboxylic acids is 3. The van der Waals surface area contributed by atoms with Gasteiger partial charge in [-0.05, 0) is 26.0 Å². The molecule has 1 atom stereocenters. The summed E-state index contributed by atoms with van der Waals surface area (Å²) in [5.41, 5.74) is -2.37. The van der Waals surface area contributed by atoms with Crippen LogP contribution in [0.5, 0.6) is 0 Å². The number of aliphatic hydroxyl groups excluding tert-OH is 1. The number of amides is 1. The van der Waals surface area contributed by atoms with E-state index in [0.29, 0.717) is 4.90 Å². The number of hydrogen-bond donors (Lipinski definition) is 2. The van der Waals surface area contributed by atoms with Crippen molar-refractivity contribution >= 4 is 23.3 Å². The molecule has 0 saturated carbocycles. The summed E-state index contributed by atoms with van der Waals surface area (Å²) in [4.78, 5) is 36.6. The summed E-state index contributed by atoms with van der Waals surface area (Å²) in [5, 5.41) is 20.6. The second-order valence-electron chi connectivity index (χ2n) is 4.92. The molecule has 7 nitrogen and oxygen atoms in total. The smallest absolute Gasteiger partial charge is 0.365 e. The summed E-state index contributed by atoms with van der Waals surface area (Å²) in [5.74, 6) is -4.08. The first kappa shape index (κ1) is 15.7. The lowest BCUT2D eigenvalue weighted by molar-refractivity contribution is -0.159. The van der Waals surface area contributed by atoms with Crippen LogP contribution in [0.4, 0.5) is 5.69 Å². The number of nitrogens with zero attached hydrogens (tertiary/aromatic N) is 1. The number of carbonyl (C=O) groups is 3. The van der Waals surface area contributed by atoms with Crippen LogP contribution in [0.2, 0.25) is 0 Å². The number of anilines is 1. The summed E-state index contributed by atoms with van der Waals surface area (Å²) in [6, 6.07) is 6.28. The van der Waals surface area contributed by atoms with Crippen LogP contribution in [-0.4, -0.2) is 40.7 Å². The largest absolute Gasteiger partial charge is 0.503 e. The predicted molar refractivity (Wildman–Crippen MR) is 76.0 cm³/mol. The molecule has 1 aromatic rings. The Morgan fingerprint density at radius 1 is 1.23 bits per heavy atom. The standard InChI is InChI=1S/C15H15NO6/c1-8-4-6-10(7-5-8)16-13(19)12(18)11(9(2)17)15(16,21)14(20)22-3/h4-7,18,21H,1-3H3/t15-/m1/s1. The van der Waals surface area contributed by atoms with Gasteiger partial charge in [0.25, 0.3) is 11.6 Å². The topological polar surface area (TPSA) is 104 Å².